The largest absolute Gasteiger partial charge is 0.457 e. The first-order valence-electron chi connectivity index (χ1n) is 8.55. The van der Waals surface area contributed by atoms with Crippen LogP contribution in [0.3, 0.4) is 0 Å². The van der Waals surface area contributed by atoms with Crippen molar-refractivity contribution in [1.82, 2.24) is 5.32 Å². The summed E-state index contributed by atoms with van der Waals surface area (Å²) in [5.41, 5.74) is 1.98. The molecule has 2 aliphatic carbocycles. The van der Waals surface area contributed by atoms with E-state index in [4.69, 9.17) is 4.74 Å². The number of carbonyl (C=O) groups is 2. The van der Waals surface area contributed by atoms with E-state index in [1.165, 1.54) is 5.56 Å². The number of rotatable bonds is 6. The van der Waals surface area contributed by atoms with Gasteiger partial charge in [0.25, 0.3) is 0 Å². The van der Waals surface area contributed by atoms with Gasteiger partial charge >= 0.3 is 0 Å². The van der Waals surface area contributed by atoms with Crippen LogP contribution in [0.1, 0.15) is 18.4 Å². The summed E-state index contributed by atoms with van der Waals surface area (Å²) in [5, 5.41) is 6.38. The summed E-state index contributed by atoms with van der Waals surface area (Å²) in [6.45, 7) is 2.03. The normalized spacial score (nSPS) is 22.4. The van der Waals surface area contributed by atoms with Crippen LogP contribution >= 0.6 is 0 Å². The van der Waals surface area contributed by atoms with Crippen LogP contribution in [0.25, 0.3) is 0 Å². The third-order valence-corrected chi connectivity index (χ3v) is 4.57. The van der Waals surface area contributed by atoms with E-state index in [-0.39, 0.29) is 11.6 Å². The molecule has 2 fully saturated rings. The Bertz CT molecular complexity index is 795. The minimum Gasteiger partial charge on any atom is -0.457 e. The summed E-state index contributed by atoms with van der Waals surface area (Å²) >= 11 is 0. The van der Waals surface area contributed by atoms with Gasteiger partial charge in [0.2, 0.25) is 11.6 Å². The summed E-state index contributed by atoms with van der Waals surface area (Å²) in [4.78, 5) is 23.6. The van der Waals surface area contributed by atoms with Crippen molar-refractivity contribution in [3.05, 3.63) is 54.1 Å². The Labute approximate surface area is 146 Å². The van der Waals surface area contributed by atoms with Gasteiger partial charge in [-0.25, -0.2) is 0 Å². The highest BCUT2D eigenvalue weighted by Gasteiger charge is 2.50. The third-order valence-electron chi connectivity index (χ3n) is 4.57. The first-order valence-corrected chi connectivity index (χ1v) is 8.55. The van der Waals surface area contributed by atoms with Gasteiger partial charge in [-0.1, -0.05) is 17.7 Å². The molecule has 25 heavy (non-hydrogen) atoms. The molecule has 2 aromatic rings. The second kappa shape index (κ2) is 6.33. The first-order chi connectivity index (χ1) is 12.1. The van der Waals surface area contributed by atoms with Gasteiger partial charge in [0.05, 0.1) is 0 Å². The van der Waals surface area contributed by atoms with Crippen LogP contribution in [0.2, 0.25) is 0 Å². The highest BCUT2D eigenvalue weighted by Crippen LogP contribution is 2.27. The predicted molar refractivity (Wildman–Crippen MR) is 95.1 cm³/mol. The minimum atomic E-state index is -0.475. The molecule has 0 aromatic heterocycles. The number of ether oxygens (including phenoxy) is 1. The molecule has 2 aromatic carbocycles. The van der Waals surface area contributed by atoms with Gasteiger partial charge in [-0.05, 0) is 56.2 Å². The van der Waals surface area contributed by atoms with Crippen molar-refractivity contribution in [3.8, 4) is 11.5 Å². The summed E-state index contributed by atoms with van der Waals surface area (Å²) < 4.78 is 5.79. The van der Waals surface area contributed by atoms with E-state index in [0.717, 1.165) is 30.0 Å². The summed E-state index contributed by atoms with van der Waals surface area (Å²) in [7, 11) is 0. The van der Waals surface area contributed by atoms with Crippen LogP contribution in [0, 0.1) is 6.92 Å². The van der Waals surface area contributed by atoms with Crippen LogP contribution in [0.15, 0.2) is 48.5 Å². The summed E-state index contributed by atoms with van der Waals surface area (Å²) in [6, 6.07) is 14.8. The Balaban J connectivity index is 1.39. The lowest BCUT2D eigenvalue weighted by atomic mass is 9.82. The number of benzene rings is 2. The molecule has 2 saturated carbocycles. The van der Waals surface area contributed by atoms with Crippen LogP contribution in [0.5, 0.6) is 11.5 Å². The SMILES string of the molecule is Cc1ccc(Oc2ccc(NC3C(=O)C(=O)C3NC3CC3)cc2)cc1. The molecular formula is C20H20N2O3. The van der Waals surface area contributed by atoms with Crippen LogP contribution < -0.4 is 15.4 Å². The molecule has 5 nitrogen and oxygen atoms in total. The van der Waals surface area contributed by atoms with Gasteiger partial charge in [-0.3, -0.25) is 9.59 Å². The minimum absolute atomic E-state index is 0.316. The van der Waals surface area contributed by atoms with Gasteiger partial charge in [0.15, 0.2) is 0 Å². The van der Waals surface area contributed by atoms with Crippen molar-refractivity contribution in [1.29, 1.82) is 0 Å². The molecule has 0 amide bonds. The van der Waals surface area contributed by atoms with E-state index in [1.807, 2.05) is 55.5 Å². The van der Waals surface area contributed by atoms with E-state index in [0.29, 0.717) is 6.04 Å². The molecule has 2 atom stereocenters. The van der Waals surface area contributed by atoms with Gasteiger partial charge in [-0.15, -0.1) is 0 Å². The van der Waals surface area contributed by atoms with Gasteiger partial charge < -0.3 is 15.4 Å². The van der Waals surface area contributed by atoms with Crippen molar-refractivity contribution in [2.24, 2.45) is 0 Å². The molecule has 128 valence electrons. The monoisotopic (exact) mass is 336 g/mol. The molecule has 0 saturated heterocycles. The molecule has 4 rings (SSSR count). The van der Waals surface area contributed by atoms with Crippen molar-refractivity contribution in [3.63, 3.8) is 0 Å². The molecule has 2 unspecified atom stereocenters. The Kier molecular flexibility index (Phi) is 4.01. The fourth-order valence-electron chi connectivity index (χ4n) is 2.88. The van der Waals surface area contributed by atoms with Crippen LogP contribution in [-0.2, 0) is 9.59 Å². The number of hydrogen-bond donors (Lipinski definition) is 2. The zero-order valence-electron chi connectivity index (χ0n) is 14.0. The molecule has 2 aliphatic rings. The molecule has 2 N–H and O–H groups in total. The van der Waals surface area contributed by atoms with Crippen LogP contribution in [0.4, 0.5) is 5.69 Å². The zero-order valence-corrected chi connectivity index (χ0v) is 14.0. The highest BCUT2D eigenvalue weighted by molar-refractivity contribution is 6.49. The van der Waals surface area contributed by atoms with Crippen molar-refractivity contribution in [2.75, 3.05) is 5.32 Å². The highest BCUT2D eigenvalue weighted by atomic mass is 16.5. The molecule has 5 heteroatoms. The zero-order chi connectivity index (χ0) is 17.4. The number of aryl methyl sites for hydroxylation is 1. The lowest BCUT2D eigenvalue weighted by Gasteiger charge is -2.35. The lowest BCUT2D eigenvalue weighted by molar-refractivity contribution is -0.145. The Morgan fingerprint density at radius 3 is 2.00 bits per heavy atom. The summed E-state index contributed by atoms with van der Waals surface area (Å²) in [5.74, 6) is 0.833. The molecule has 0 spiro atoms. The Morgan fingerprint density at radius 1 is 0.840 bits per heavy atom. The van der Waals surface area contributed by atoms with E-state index < -0.39 is 12.1 Å². The fraction of sp³-hybridized carbons (Fsp3) is 0.300. The van der Waals surface area contributed by atoms with E-state index in [2.05, 4.69) is 10.6 Å². The second-order valence-corrected chi connectivity index (χ2v) is 6.71. The second-order valence-electron chi connectivity index (χ2n) is 6.71. The van der Waals surface area contributed by atoms with Gasteiger partial charge in [0.1, 0.15) is 23.6 Å². The van der Waals surface area contributed by atoms with Crippen molar-refractivity contribution >= 4 is 17.3 Å². The molecular weight excluding hydrogens is 316 g/mol. The Hall–Kier alpha value is -2.66. The fourth-order valence-corrected chi connectivity index (χ4v) is 2.88. The number of carbonyl (C=O) groups excluding carboxylic acids is 2. The average molecular weight is 336 g/mol. The third kappa shape index (κ3) is 3.42. The Morgan fingerprint density at radius 2 is 1.40 bits per heavy atom. The predicted octanol–water partition coefficient (Wildman–Crippen LogP) is 2.84. The van der Waals surface area contributed by atoms with E-state index in [9.17, 15) is 9.59 Å². The number of Topliss-reactive ketones (excluding diaryl/α,β-unsaturated/α-hetero) is 2. The maximum Gasteiger partial charge on any atom is 0.224 e. The smallest absolute Gasteiger partial charge is 0.224 e. The van der Waals surface area contributed by atoms with Gasteiger partial charge in [-0.2, -0.15) is 0 Å². The maximum absolute atomic E-state index is 11.8. The van der Waals surface area contributed by atoms with Gasteiger partial charge in [0, 0.05) is 11.7 Å². The average Bonchev–Trinajstić information content (AvgIpc) is 3.45. The maximum atomic E-state index is 11.8. The molecule has 0 aliphatic heterocycles. The first kappa shape index (κ1) is 15.8. The molecule has 0 radical (unpaired) electrons. The number of anilines is 1. The summed E-state index contributed by atoms with van der Waals surface area (Å²) in [6.07, 6.45) is 2.16. The topological polar surface area (TPSA) is 67.4 Å². The number of hydrogen-bond acceptors (Lipinski definition) is 5. The number of ketones is 2. The van der Waals surface area contributed by atoms with Crippen molar-refractivity contribution in [2.45, 2.75) is 37.9 Å². The van der Waals surface area contributed by atoms with Crippen LogP contribution in [-0.4, -0.2) is 29.7 Å². The molecule has 0 bridgehead atoms. The van der Waals surface area contributed by atoms with Crippen molar-refractivity contribution < 1.29 is 14.3 Å². The molecule has 0 heterocycles. The quantitative estimate of drug-likeness (QED) is 0.794. The number of nitrogens with one attached hydrogen (secondary N) is 2. The van der Waals surface area contributed by atoms with E-state index in [1.54, 1.807) is 0 Å². The standard InChI is InChI=1S/C20H20N2O3/c1-12-2-8-15(9-3-12)25-16-10-6-14(7-11-16)22-18-17(19(23)20(18)24)21-13-4-5-13/h2-3,6-11,13,17-18,21-22H,4-5H2,1H3. The lowest BCUT2D eigenvalue weighted by Crippen LogP contribution is -2.67. The van der Waals surface area contributed by atoms with E-state index >= 15 is 0 Å².